The fourth-order valence-corrected chi connectivity index (χ4v) is 1.61. The van der Waals surface area contributed by atoms with Gasteiger partial charge in [0.1, 0.15) is 5.82 Å². The average Bonchev–Trinajstić information content (AvgIpc) is 2.38. The molecule has 0 saturated heterocycles. The van der Waals surface area contributed by atoms with Gasteiger partial charge in [-0.15, -0.1) is 0 Å². The van der Waals surface area contributed by atoms with E-state index in [2.05, 4.69) is 10.3 Å². The van der Waals surface area contributed by atoms with Crippen molar-refractivity contribution in [3.63, 3.8) is 0 Å². The molecule has 0 bridgehead atoms. The Hall–Kier alpha value is -1.94. The highest BCUT2D eigenvalue weighted by atomic mass is 19.1. The zero-order valence-corrected chi connectivity index (χ0v) is 9.36. The maximum absolute atomic E-state index is 13.4. The van der Waals surface area contributed by atoms with E-state index < -0.39 is 0 Å². The molecule has 0 unspecified atom stereocenters. The molecule has 0 amide bonds. The second-order valence-electron chi connectivity index (χ2n) is 3.68. The Bertz CT molecular complexity index is 500. The molecule has 88 valence electrons. The zero-order chi connectivity index (χ0) is 12.1. The number of nitrogens with zero attached hydrogens (tertiary/aromatic N) is 1. The lowest BCUT2D eigenvalue weighted by Gasteiger charge is -2.10. The minimum absolute atomic E-state index is 0.259. The maximum atomic E-state index is 13.4. The lowest BCUT2D eigenvalue weighted by molar-refractivity contribution is 0.630. The van der Waals surface area contributed by atoms with E-state index in [0.717, 1.165) is 11.1 Å². The van der Waals surface area contributed by atoms with Crippen LogP contribution in [0.1, 0.15) is 11.1 Å². The van der Waals surface area contributed by atoms with Crippen LogP contribution in [0.15, 0.2) is 42.7 Å². The van der Waals surface area contributed by atoms with Crippen molar-refractivity contribution in [1.29, 1.82) is 0 Å². The molecule has 4 heteroatoms. The fraction of sp³-hybridized carbons (Fsp3) is 0.154. The minimum Gasteiger partial charge on any atom is -0.379 e. The Morgan fingerprint density at radius 1 is 1.18 bits per heavy atom. The van der Waals surface area contributed by atoms with E-state index in [1.807, 2.05) is 6.07 Å². The normalized spacial score (nSPS) is 10.2. The largest absolute Gasteiger partial charge is 0.379 e. The molecule has 0 aliphatic rings. The lowest BCUT2D eigenvalue weighted by Crippen LogP contribution is -2.07. The Labute approximate surface area is 99.5 Å². The Morgan fingerprint density at radius 3 is 2.76 bits per heavy atom. The molecule has 3 nitrogen and oxygen atoms in total. The molecule has 0 aliphatic carbocycles. The smallest absolute Gasteiger partial charge is 0.146 e. The highest BCUT2D eigenvalue weighted by Crippen LogP contribution is 2.14. The SMILES string of the molecule is NCc1ccncc1CNc1ccccc1F. The number of pyridine rings is 1. The van der Waals surface area contributed by atoms with Gasteiger partial charge in [-0.1, -0.05) is 12.1 Å². The molecule has 1 heterocycles. The van der Waals surface area contributed by atoms with Crippen molar-refractivity contribution >= 4 is 5.69 Å². The van der Waals surface area contributed by atoms with Crippen molar-refractivity contribution in [2.45, 2.75) is 13.1 Å². The van der Waals surface area contributed by atoms with Crippen LogP contribution in [0.4, 0.5) is 10.1 Å². The Balaban J connectivity index is 2.10. The van der Waals surface area contributed by atoms with Gasteiger partial charge in [-0.05, 0) is 29.3 Å². The van der Waals surface area contributed by atoms with Gasteiger partial charge < -0.3 is 11.1 Å². The number of rotatable bonds is 4. The van der Waals surface area contributed by atoms with E-state index >= 15 is 0 Å². The number of aromatic nitrogens is 1. The molecule has 0 atom stereocenters. The van der Waals surface area contributed by atoms with Gasteiger partial charge in [0.2, 0.25) is 0 Å². The van der Waals surface area contributed by atoms with Crippen LogP contribution in [0.25, 0.3) is 0 Å². The van der Waals surface area contributed by atoms with Crippen LogP contribution in [0.3, 0.4) is 0 Å². The van der Waals surface area contributed by atoms with Crippen molar-refractivity contribution in [1.82, 2.24) is 4.98 Å². The van der Waals surface area contributed by atoms with E-state index in [1.165, 1.54) is 6.07 Å². The number of hydrogen-bond acceptors (Lipinski definition) is 3. The molecule has 2 aromatic rings. The number of para-hydroxylation sites is 1. The van der Waals surface area contributed by atoms with Gasteiger partial charge in [0, 0.05) is 25.5 Å². The highest BCUT2D eigenvalue weighted by Gasteiger charge is 2.03. The Morgan fingerprint density at radius 2 is 2.00 bits per heavy atom. The first-order chi connectivity index (χ1) is 8.31. The Kier molecular flexibility index (Phi) is 3.67. The molecule has 0 fully saturated rings. The predicted molar refractivity (Wildman–Crippen MR) is 65.9 cm³/mol. The summed E-state index contributed by atoms with van der Waals surface area (Å²) in [5.74, 6) is -0.259. The van der Waals surface area contributed by atoms with Crippen LogP contribution in [0.5, 0.6) is 0 Å². The van der Waals surface area contributed by atoms with E-state index in [-0.39, 0.29) is 5.82 Å². The number of nitrogens with two attached hydrogens (primary N) is 1. The molecule has 3 N–H and O–H groups in total. The van der Waals surface area contributed by atoms with Crippen LogP contribution in [-0.4, -0.2) is 4.98 Å². The first kappa shape index (κ1) is 11.5. The van der Waals surface area contributed by atoms with Crippen molar-refractivity contribution < 1.29 is 4.39 Å². The molecular formula is C13H14FN3. The third kappa shape index (κ3) is 2.79. The maximum Gasteiger partial charge on any atom is 0.146 e. The van der Waals surface area contributed by atoms with Crippen LogP contribution in [-0.2, 0) is 13.1 Å². The molecule has 1 aromatic heterocycles. The number of anilines is 1. The summed E-state index contributed by atoms with van der Waals surface area (Å²) in [7, 11) is 0. The standard InChI is InChI=1S/C13H14FN3/c14-12-3-1-2-4-13(12)17-9-11-8-16-6-5-10(11)7-15/h1-6,8,17H,7,9,15H2. The van der Waals surface area contributed by atoms with Gasteiger partial charge in [0.05, 0.1) is 5.69 Å². The quantitative estimate of drug-likeness (QED) is 0.848. The van der Waals surface area contributed by atoms with Gasteiger partial charge >= 0.3 is 0 Å². The molecule has 0 aliphatic heterocycles. The van der Waals surface area contributed by atoms with E-state index in [0.29, 0.717) is 18.8 Å². The molecule has 0 saturated carbocycles. The summed E-state index contributed by atoms with van der Waals surface area (Å²) in [5.41, 5.74) is 8.11. The summed E-state index contributed by atoms with van der Waals surface area (Å²) >= 11 is 0. The second kappa shape index (κ2) is 5.41. The number of halogens is 1. The summed E-state index contributed by atoms with van der Waals surface area (Å²) < 4.78 is 13.4. The zero-order valence-electron chi connectivity index (χ0n) is 9.36. The summed E-state index contributed by atoms with van der Waals surface area (Å²) in [6, 6.07) is 8.45. The highest BCUT2D eigenvalue weighted by molar-refractivity contribution is 5.45. The average molecular weight is 231 g/mol. The van der Waals surface area contributed by atoms with Gasteiger partial charge in [-0.25, -0.2) is 4.39 Å². The monoisotopic (exact) mass is 231 g/mol. The van der Waals surface area contributed by atoms with E-state index in [4.69, 9.17) is 5.73 Å². The van der Waals surface area contributed by atoms with Crippen LogP contribution in [0, 0.1) is 5.82 Å². The molecular weight excluding hydrogens is 217 g/mol. The summed E-state index contributed by atoms with van der Waals surface area (Å²) in [4.78, 5) is 4.04. The first-order valence-corrected chi connectivity index (χ1v) is 5.41. The first-order valence-electron chi connectivity index (χ1n) is 5.41. The van der Waals surface area contributed by atoms with Crippen molar-refractivity contribution in [2.75, 3.05) is 5.32 Å². The van der Waals surface area contributed by atoms with Crippen LogP contribution in [0.2, 0.25) is 0 Å². The molecule has 2 rings (SSSR count). The number of hydrogen-bond donors (Lipinski definition) is 2. The summed E-state index contributed by atoms with van der Waals surface area (Å²) in [5, 5.41) is 3.03. The second-order valence-corrected chi connectivity index (χ2v) is 3.68. The van der Waals surface area contributed by atoms with Gasteiger partial charge in [0.15, 0.2) is 0 Å². The number of nitrogens with one attached hydrogen (secondary N) is 1. The van der Waals surface area contributed by atoms with Crippen LogP contribution < -0.4 is 11.1 Å². The van der Waals surface area contributed by atoms with E-state index in [9.17, 15) is 4.39 Å². The summed E-state index contributed by atoms with van der Waals surface area (Å²) in [6.07, 6.45) is 3.45. The van der Waals surface area contributed by atoms with Gasteiger partial charge in [0.25, 0.3) is 0 Å². The van der Waals surface area contributed by atoms with Crippen molar-refractivity contribution in [2.24, 2.45) is 5.73 Å². The van der Waals surface area contributed by atoms with Crippen LogP contribution >= 0.6 is 0 Å². The molecule has 0 spiro atoms. The third-order valence-corrected chi connectivity index (χ3v) is 2.57. The lowest BCUT2D eigenvalue weighted by atomic mass is 10.1. The third-order valence-electron chi connectivity index (χ3n) is 2.57. The fourth-order valence-electron chi connectivity index (χ4n) is 1.61. The molecule has 1 aromatic carbocycles. The van der Waals surface area contributed by atoms with Crippen molar-refractivity contribution in [3.8, 4) is 0 Å². The van der Waals surface area contributed by atoms with Crippen molar-refractivity contribution in [3.05, 3.63) is 59.7 Å². The summed E-state index contributed by atoms with van der Waals surface area (Å²) in [6.45, 7) is 0.970. The number of benzene rings is 1. The molecule has 17 heavy (non-hydrogen) atoms. The molecule has 0 radical (unpaired) electrons. The van der Waals surface area contributed by atoms with Gasteiger partial charge in [-0.3, -0.25) is 4.98 Å². The topological polar surface area (TPSA) is 50.9 Å². The minimum atomic E-state index is -0.259. The van der Waals surface area contributed by atoms with E-state index in [1.54, 1.807) is 30.6 Å². The predicted octanol–water partition coefficient (Wildman–Crippen LogP) is 2.29. The van der Waals surface area contributed by atoms with Gasteiger partial charge in [-0.2, -0.15) is 0 Å².